The molecule has 4 nitrogen and oxygen atoms in total. The zero-order valence-corrected chi connectivity index (χ0v) is 15.2. The lowest BCUT2D eigenvalue weighted by atomic mass is 10.1. The number of nitrogens with zero attached hydrogens (tertiary/aromatic N) is 3. The second-order valence-corrected chi connectivity index (χ2v) is 6.59. The Hall–Kier alpha value is -1.32. The molecule has 0 aliphatic heterocycles. The molecule has 0 saturated carbocycles. The highest BCUT2D eigenvalue weighted by atomic mass is 16.4. The van der Waals surface area contributed by atoms with Crippen LogP contribution in [0, 0.1) is 0 Å². The van der Waals surface area contributed by atoms with Crippen LogP contribution in [-0.4, -0.2) is 16.0 Å². The van der Waals surface area contributed by atoms with E-state index >= 15 is 0 Å². The van der Waals surface area contributed by atoms with Gasteiger partial charge in [-0.3, -0.25) is 0 Å². The van der Waals surface area contributed by atoms with Crippen molar-refractivity contribution in [1.29, 1.82) is 0 Å². The van der Waals surface area contributed by atoms with Crippen molar-refractivity contribution in [3.63, 3.8) is 0 Å². The summed E-state index contributed by atoms with van der Waals surface area (Å²) >= 11 is 0. The fourth-order valence-electron chi connectivity index (χ4n) is 3.06. The molecule has 132 valence electrons. The summed E-state index contributed by atoms with van der Waals surface area (Å²) in [4.78, 5) is 0. The van der Waals surface area contributed by atoms with Crippen LogP contribution < -0.4 is 4.57 Å². The lowest BCUT2D eigenvalue weighted by Crippen LogP contribution is -2.32. The molecule has 23 heavy (non-hydrogen) atoms. The summed E-state index contributed by atoms with van der Waals surface area (Å²) in [5.41, 5.74) is 0. The molecule has 1 aromatic rings. The molecule has 4 heteroatoms. The van der Waals surface area contributed by atoms with Gasteiger partial charge in [0.2, 0.25) is 0 Å². The molecule has 1 aromatic heterocycles. The number of hydrogen-bond acceptors (Lipinski definition) is 2. The smallest absolute Gasteiger partial charge is 0.303 e. The maximum absolute atomic E-state index is 8.70. The molecule has 0 aliphatic carbocycles. The average Bonchev–Trinajstić information content (AvgIpc) is 2.89. The molecule has 0 unspecified atom stereocenters. The average molecular weight is 323 g/mol. The van der Waals surface area contributed by atoms with Gasteiger partial charge in [0.15, 0.2) is 6.21 Å². The minimum Gasteiger partial charge on any atom is -0.411 e. The van der Waals surface area contributed by atoms with E-state index in [1.54, 1.807) is 0 Å². The molecular weight excluding hydrogens is 286 g/mol. The van der Waals surface area contributed by atoms with Gasteiger partial charge in [-0.2, -0.15) is 0 Å². The number of oxime groups is 1. The van der Waals surface area contributed by atoms with Crippen molar-refractivity contribution in [1.82, 2.24) is 4.57 Å². The Morgan fingerprint density at radius 2 is 1.48 bits per heavy atom. The van der Waals surface area contributed by atoms with Crippen LogP contribution in [0.15, 0.2) is 17.5 Å². The highest BCUT2D eigenvalue weighted by Crippen LogP contribution is 2.12. The Morgan fingerprint density at radius 1 is 0.957 bits per heavy atom. The van der Waals surface area contributed by atoms with Crippen molar-refractivity contribution < 1.29 is 9.77 Å². The van der Waals surface area contributed by atoms with Gasteiger partial charge in [-0.05, 0) is 12.8 Å². The molecule has 1 heterocycles. The van der Waals surface area contributed by atoms with Gasteiger partial charge in [-0.15, -0.1) is 0 Å². The third-order valence-electron chi connectivity index (χ3n) is 4.55. The monoisotopic (exact) mass is 322 g/mol. The maximum Gasteiger partial charge on any atom is 0.303 e. The zero-order chi connectivity index (χ0) is 16.8. The molecule has 0 fully saturated rings. The summed E-state index contributed by atoms with van der Waals surface area (Å²) in [5, 5.41) is 11.8. The summed E-state index contributed by atoms with van der Waals surface area (Å²) in [6.45, 7) is 3.27. The number of rotatable bonds is 14. The Kier molecular flexibility index (Phi) is 11.3. The minimum atomic E-state index is 0.940. The van der Waals surface area contributed by atoms with Crippen molar-refractivity contribution in [2.24, 2.45) is 12.2 Å². The summed E-state index contributed by atoms with van der Waals surface area (Å²) in [7, 11) is 1.97. The van der Waals surface area contributed by atoms with E-state index in [9.17, 15) is 0 Å². The Balaban J connectivity index is 1.96. The Labute approximate surface area is 142 Å². The van der Waals surface area contributed by atoms with Crippen molar-refractivity contribution in [2.45, 2.75) is 90.5 Å². The van der Waals surface area contributed by atoms with Gasteiger partial charge < -0.3 is 5.21 Å². The minimum absolute atomic E-state index is 0.940. The molecule has 0 aliphatic rings. The third kappa shape index (κ3) is 8.77. The van der Waals surface area contributed by atoms with Gasteiger partial charge in [0.1, 0.15) is 12.4 Å². The van der Waals surface area contributed by atoms with Crippen LogP contribution in [0.3, 0.4) is 0 Å². The van der Waals surface area contributed by atoms with E-state index < -0.39 is 0 Å². The standard InChI is InChI=1S/C19H35N3O/c1-3-4-5-6-7-8-9-10-11-12-13-14-15-22-17-16-21(2)19(22)18-20-23/h16-18H,3-15H2,1-2H3/p+1. The van der Waals surface area contributed by atoms with Crippen LogP contribution in [-0.2, 0) is 13.6 Å². The molecule has 0 amide bonds. The first-order valence-electron chi connectivity index (χ1n) is 9.51. The molecule has 0 bridgehead atoms. The van der Waals surface area contributed by atoms with E-state index in [0.717, 1.165) is 12.4 Å². The van der Waals surface area contributed by atoms with E-state index in [0.29, 0.717) is 0 Å². The predicted octanol–water partition coefficient (Wildman–Crippen LogP) is 4.82. The van der Waals surface area contributed by atoms with Crippen molar-refractivity contribution in [3.8, 4) is 0 Å². The van der Waals surface area contributed by atoms with E-state index in [4.69, 9.17) is 5.21 Å². The molecule has 0 saturated heterocycles. The van der Waals surface area contributed by atoms with Gasteiger partial charge in [0.05, 0.1) is 13.6 Å². The highest BCUT2D eigenvalue weighted by molar-refractivity contribution is 5.72. The Morgan fingerprint density at radius 3 is 2.00 bits per heavy atom. The largest absolute Gasteiger partial charge is 0.411 e. The third-order valence-corrected chi connectivity index (χ3v) is 4.55. The lowest BCUT2D eigenvalue weighted by molar-refractivity contribution is -0.671. The summed E-state index contributed by atoms with van der Waals surface area (Å²) in [5.74, 6) is 0.940. The van der Waals surface area contributed by atoms with Gasteiger partial charge in [0, 0.05) is 0 Å². The molecule has 0 aromatic carbocycles. The van der Waals surface area contributed by atoms with Crippen LogP contribution in [0.25, 0.3) is 0 Å². The first-order chi connectivity index (χ1) is 11.3. The molecule has 0 radical (unpaired) electrons. The SMILES string of the molecule is CCCCCCCCCCCCCCn1cc[n+](C)c1C=NO. The molecule has 0 spiro atoms. The van der Waals surface area contributed by atoms with Gasteiger partial charge in [-0.1, -0.05) is 76.3 Å². The van der Waals surface area contributed by atoms with Crippen LogP contribution in [0.2, 0.25) is 0 Å². The van der Waals surface area contributed by atoms with Crippen LogP contribution in [0.1, 0.15) is 89.8 Å². The van der Waals surface area contributed by atoms with Crippen LogP contribution in [0.5, 0.6) is 0 Å². The number of aromatic nitrogens is 2. The Bertz CT molecular complexity index is 426. The predicted molar refractivity (Wildman–Crippen MR) is 96.1 cm³/mol. The topological polar surface area (TPSA) is 41.4 Å². The fraction of sp³-hybridized carbons (Fsp3) is 0.789. The second kappa shape index (κ2) is 13.1. The maximum atomic E-state index is 8.70. The van der Waals surface area contributed by atoms with E-state index in [2.05, 4.69) is 22.8 Å². The molecule has 0 atom stereocenters. The second-order valence-electron chi connectivity index (χ2n) is 6.59. The van der Waals surface area contributed by atoms with Gasteiger partial charge >= 0.3 is 5.82 Å². The van der Waals surface area contributed by atoms with Crippen molar-refractivity contribution in [3.05, 3.63) is 18.2 Å². The van der Waals surface area contributed by atoms with Crippen LogP contribution in [0.4, 0.5) is 0 Å². The zero-order valence-electron chi connectivity index (χ0n) is 15.2. The van der Waals surface area contributed by atoms with E-state index in [1.807, 2.05) is 17.8 Å². The molecular formula is C19H36N3O+. The number of hydrogen-bond donors (Lipinski definition) is 1. The van der Waals surface area contributed by atoms with Crippen molar-refractivity contribution >= 4 is 6.21 Å². The quantitative estimate of drug-likeness (QED) is 0.172. The lowest BCUT2D eigenvalue weighted by Gasteiger charge is -2.03. The first kappa shape index (κ1) is 19.7. The normalized spacial score (nSPS) is 11.6. The highest BCUT2D eigenvalue weighted by Gasteiger charge is 2.11. The number of unbranched alkanes of at least 4 members (excludes halogenated alkanes) is 11. The van der Waals surface area contributed by atoms with E-state index in [-0.39, 0.29) is 0 Å². The number of imidazole rings is 1. The molecule has 1 rings (SSSR count). The van der Waals surface area contributed by atoms with Gasteiger partial charge in [-0.25, -0.2) is 9.13 Å². The summed E-state index contributed by atoms with van der Waals surface area (Å²) in [6, 6.07) is 0. The summed E-state index contributed by atoms with van der Waals surface area (Å²) < 4.78 is 4.12. The number of aryl methyl sites for hydroxylation is 2. The van der Waals surface area contributed by atoms with E-state index in [1.165, 1.54) is 83.3 Å². The first-order valence-corrected chi connectivity index (χ1v) is 9.51. The fourth-order valence-corrected chi connectivity index (χ4v) is 3.06. The molecule has 1 N–H and O–H groups in total. The van der Waals surface area contributed by atoms with Crippen molar-refractivity contribution in [2.75, 3.05) is 0 Å². The van der Waals surface area contributed by atoms with Gasteiger partial charge in [0.25, 0.3) is 0 Å². The van der Waals surface area contributed by atoms with Crippen LogP contribution >= 0.6 is 0 Å². The summed E-state index contributed by atoms with van der Waals surface area (Å²) in [6.07, 6.45) is 22.0.